The lowest BCUT2D eigenvalue weighted by Gasteiger charge is -2.31. The minimum absolute atomic E-state index is 0.116. The second-order valence-corrected chi connectivity index (χ2v) is 5.03. The van der Waals surface area contributed by atoms with Crippen LogP contribution >= 0.6 is 0 Å². The molecule has 3 nitrogen and oxygen atoms in total. The smallest absolute Gasteiger partial charge is 0.253 e. The van der Waals surface area contributed by atoms with Gasteiger partial charge in [0.2, 0.25) is 0 Å². The van der Waals surface area contributed by atoms with Crippen molar-refractivity contribution in [3.63, 3.8) is 0 Å². The summed E-state index contributed by atoms with van der Waals surface area (Å²) < 4.78 is 0. The number of likely N-dealkylation sites (tertiary alicyclic amines) is 1. The van der Waals surface area contributed by atoms with Crippen LogP contribution in [0.2, 0.25) is 0 Å². The Morgan fingerprint density at radius 1 is 1.44 bits per heavy atom. The lowest BCUT2D eigenvalue weighted by Crippen LogP contribution is -2.39. The van der Waals surface area contributed by atoms with Crippen LogP contribution in [0.5, 0.6) is 0 Å². The number of benzene rings is 1. The maximum Gasteiger partial charge on any atom is 0.253 e. The molecule has 1 aromatic rings. The molecule has 1 aliphatic heterocycles. The van der Waals surface area contributed by atoms with Gasteiger partial charge in [-0.05, 0) is 36.5 Å². The molecule has 1 heterocycles. The quantitative estimate of drug-likeness (QED) is 0.800. The first-order valence-corrected chi connectivity index (χ1v) is 6.46. The maximum absolute atomic E-state index is 12.3. The van der Waals surface area contributed by atoms with Gasteiger partial charge in [-0.1, -0.05) is 19.1 Å². The van der Waals surface area contributed by atoms with E-state index in [1.165, 1.54) is 6.42 Å². The van der Waals surface area contributed by atoms with Gasteiger partial charge in [0.05, 0.1) is 12.5 Å². The highest BCUT2D eigenvalue weighted by molar-refractivity contribution is 5.94. The van der Waals surface area contributed by atoms with Crippen LogP contribution in [0, 0.1) is 17.2 Å². The van der Waals surface area contributed by atoms with Crippen molar-refractivity contribution in [2.75, 3.05) is 13.1 Å². The van der Waals surface area contributed by atoms with Crippen molar-refractivity contribution in [1.29, 1.82) is 5.26 Å². The predicted molar refractivity (Wildman–Crippen MR) is 70.1 cm³/mol. The van der Waals surface area contributed by atoms with E-state index in [4.69, 9.17) is 5.26 Å². The summed E-state index contributed by atoms with van der Waals surface area (Å²) in [5.41, 5.74) is 1.69. The van der Waals surface area contributed by atoms with Gasteiger partial charge in [0.25, 0.3) is 5.91 Å². The van der Waals surface area contributed by atoms with Gasteiger partial charge in [-0.15, -0.1) is 0 Å². The van der Waals surface area contributed by atoms with Crippen LogP contribution in [-0.4, -0.2) is 23.9 Å². The van der Waals surface area contributed by atoms with E-state index in [0.717, 1.165) is 30.6 Å². The number of carbonyl (C=O) groups is 1. The van der Waals surface area contributed by atoms with Crippen LogP contribution in [0.3, 0.4) is 0 Å². The molecule has 0 aromatic heterocycles. The van der Waals surface area contributed by atoms with Crippen LogP contribution in [0.15, 0.2) is 24.3 Å². The minimum atomic E-state index is 0.116. The van der Waals surface area contributed by atoms with Crippen LogP contribution in [0.1, 0.15) is 35.7 Å². The van der Waals surface area contributed by atoms with Crippen molar-refractivity contribution >= 4 is 5.91 Å². The summed E-state index contributed by atoms with van der Waals surface area (Å²) in [5, 5.41) is 8.61. The topological polar surface area (TPSA) is 44.1 Å². The Morgan fingerprint density at radius 3 is 2.78 bits per heavy atom. The highest BCUT2D eigenvalue weighted by Gasteiger charge is 2.21. The van der Waals surface area contributed by atoms with E-state index >= 15 is 0 Å². The number of nitrogens with zero attached hydrogens (tertiary/aromatic N) is 2. The number of amides is 1. The first-order chi connectivity index (χ1) is 8.70. The van der Waals surface area contributed by atoms with Gasteiger partial charge in [-0.2, -0.15) is 5.26 Å². The first-order valence-electron chi connectivity index (χ1n) is 6.46. The van der Waals surface area contributed by atoms with Gasteiger partial charge < -0.3 is 4.90 Å². The molecule has 0 spiro atoms. The van der Waals surface area contributed by atoms with E-state index in [2.05, 4.69) is 13.0 Å². The van der Waals surface area contributed by atoms with Crippen molar-refractivity contribution in [3.8, 4) is 6.07 Å². The Balaban J connectivity index is 2.06. The van der Waals surface area contributed by atoms with Gasteiger partial charge in [0, 0.05) is 18.7 Å². The molecule has 0 N–H and O–H groups in total. The highest BCUT2D eigenvalue weighted by atomic mass is 16.2. The van der Waals surface area contributed by atoms with E-state index in [-0.39, 0.29) is 5.91 Å². The number of rotatable bonds is 2. The SMILES string of the molecule is CC1CCCN(C(=O)c2ccc(CC#N)cc2)C1. The minimum Gasteiger partial charge on any atom is -0.338 e. The van der Waals surface area contributed by atoms with Gasteiger partial charge in [0.1, 0.15) is 0 Å². The van der Waals surface area contributed by atoms with Crippen molar-refractivity contribution < 1.29 is 4.79 Å². The Kier molecular flexibility index (Phi) is 3.99. The van der Waals surface area contributed by atoms with Gasteiger partial charge in [0.15, 0.2) is 0 Å². The normalized spacial score (nSPS) is 19.3. The number of nitriles is 1. The molecule has 94 valence electrons. The van der Waals surface area contributed by atoms with Crippen LogP contribution in [0.25, 0.3) is 0 Å². The van der Waals surface area contributed by atoms with Crippen molar-refractivity contribution in [2.45, 2.75) is 26.2 Å². The Hall–Kier alpha value is -1.82. The Morgan fingerprint density at radius 2 is 2.17 bits per heavy atom. The second kappa shape index (κ2) is 5.68. The molecule has 1 unspecified atom stereocenters. The van der Waals surface area contributed by atoms with Gasteiger partial charge in [-0.3, -0.25) is 4.79 Å². The summed E-state index contributed by atoms with van der Waals surface area (Å²) >= 11 is 0. The highest BCUT2D eigenvalue weighted by Crippen LogP contribution is 2.18. The summed E-state index contributed by atoms with van der Waals surface area (Å²) in [6.45, 7) is 3.91. The number of hydrogen-bond donors (Lipinski definition) is 0. The average molecular weight is 242 g/mol. The molecule has 1 aromatic carbocycles. The second-order valence-electron chi connectivity index (χ2n) is 5.03. The molecule has 0 bridgehead atoms. The molecule has 0 radical (unpaired) electrons. The molecule has 0 saturated carbocycles. The summed E-state index contributed by atoms with van der Waals surface area (Å²) in [6, 6.07) is 9.49. The third-order valence-electron chi connectivity index (χ3n) is 3.43. The predicted octanol–water partition coefficient (Wildman–Crippen LogP) is 2.62. The third-order valence-corrected chi connectivity index (χ3v) is 3.43. The van der Waals surface area contributed by atoms with E-state index in [1.807, 2.05) is 29.2 Å². The fourth-order valence-electron chi connectivity index (χ4n) is 2.41. The average Bonchev–Trinajstić information content (AvgIpc) is 2.39. The Labute approximate surface area is 108 Å². The molecule has 0 aliphatic carbocycles. The fraction of sp³-hybridized carbons (Fsp3) is 0.467. The number of hydrogen-bond acceptors (Lipinski definition) is 2. The van der Waals surface area contributed by atoms with Crippen LogP contribution in [-0.2, 0) is 6.42 Å². The molecule has 1 aliphatic rings. The van der Waals surface area contributed by atoms with Gasteiger partial charge >= 0.3 is 0 Å². The molecule has 18 heavy (non-hydrogen) atoms. The number of carbonyl (C=O) groups excluding carboxylic acids is 1. The number of piperidine rings is 1. The summed E-state index contributed by atoms with van der Waals surface area (Å²) in [5.74, 6) is 0.714. The molecule has 2 rings (SSSR count). The molecule has 1 saturated heterocycles. The molecule has 1 fully saturated rings. The van der Waals surface area contributed by atoms with Crippen LogP contribution < -0.4 is 0 Å². The lowest BCUT2D eigenvalue weighted by atomic mass is 9.99. The Bertz CT molecular complexity index is 458. The van der Waals surface area contributed by atoms with E-state index in [1.54, 1.807) is 0 Å². The molecule has 1 atom stereocenters. The van der Waals surface area contributed by atoms with Crippen molar-refractivity contribution in [1.82, 2.24) is 4.90 Å². The van der Waals surface area contributed by atoms with Gasteiger partial charge in [-0.25, -0.2) is 0 Å². The lowest BCUT2D eigenvalue weighted by molar-refractivity contribution is 0.0683. The van der Waals surface area contributed by atoms with E-state index in [0.29, 0.717) is 12.3 Å². The van der Waals surface area contributed by atoms with E-state index in [9.17, 15) is 4.79 Å². The fourth-order valence-corrected chi connectivity index (χ4v) is 2.41. The van der Waals surface area contributed by atoms with Crippen molar-refractivity contribution in [3.05, 3.63) is 35.4 Å². The van der Waals surface area contributed by atoms with Crippen molar-refractivity contribution in [2.24, 2.45) is 5.92 Å². The standard InChI is InChI=1S/C15H18N2O/c1-12-3-2-10-17(11-12)15(18)14-6-4-13(5-7-14)8-9-16/h4-7,12H,2-3,8,10-11H2,1H3. The third kappa shape index (κ3) is 2.89. The summed E-state index contributed by atoms with van der Waals surface area (Å²) in [7, 11) is 0. The molecular weight excluding hydrogens is 224 g/mol. The summed E-state index contributed by atoms with van der Waals surface area (Å²) in [6.07, 6.45) is 2.71. The first kappa shape index (κ1) is 12.6. The molecular formula is C15H18N2O. The molecule has 3 heteroatoms. The zero-order valence-electron chi connectivity index (χ0n) is 10.7. The monoisotopic (exact) mass is 242 g/mol. The maximum atomic E-state index is 12.3. The zero-order chi connectivity index (χ0) is 13.0. The zero-order valence-corrected chi connectivity index (χ0v) is 10.7. The largest absolute Gasteiger partial charge is 0.338 e. The van der Waals surface area contributed by atoms with E-state index < -0.39 is 0 Å². The van der Waals surface area contributed by atoms with Crippen LogP contribution in [0.4, 0.5) is 0 Å². The molecule has 1 amide bonds. The summed E-state index contributed by atoms with van der Waals surface area (Å²) in [4.78, 5) is 14.2.